The molecule has 0 aromatic carbocycles. The van der Waals surface area contributed by atoms with Crippen molar-refractivity contribution in [3.63, 3.8) is 0 Å². The van der Waals surface area contributed by atoms with E-state index in [2.05, 4.69) is 56.9 Å². The lowest BCUT2D eigenvalue weighted by molar-refractivity contribution is 0.237. The number of rotatable bonds is 6. The molecule has 1 saturated heterocycles. The van der Waals surface area contributed by atoms with Gasteiger partial charge in [0.15, 0.2) is 0 Å². The molecule has 0 N–H and O–H groups in total. The Kier molecular flexibility index (Phi) is 4.54. The number of likely N-dealkylation sites (N-methyl/N-ethyl adjacent to an activating group) is 1. The molecule has 0 spiro atoms. The summed E-state index contributed by atoms with van der Waals surface area (Å²) in [5.74, 6) is 1.09. The van der Waals surface area contributed by atoms with Gasteiger partial charge in [-0.25, -0.2) is 9.67 Å². The van der Waals surface area contributed by atoms with Crippen LogP contribution in [0, 0.1) is 6.92 Å². The van der Waals surface area contributed by atoms with Crippen LogP contribution in [0.15, 0.2) is 24.8 Å². The summed E-state index contributed by atoms with van der Waals surface area (Å²) in [6.07, 6.45) is 8.80. The first-order valence-corrected chi connectivity index (χ1v) is 7.87. The van der Waals surface area contributed by atoms with E-state index in [-0.39, 0.29) is 0 Å². The van der Waals surface area contributed by atoms with Crippen molar-refractivity contribution in [3.8, 4) is 0 Å². The minimum absolute atomic E-state index is 0.382. The van der Waals surface area contributed by atoms with E-state index in [4.69, 9.17) is 0 Å². The average molecular weight is 303 g/mol. The van der Waals surface area contributed by atoms with Crippen LogP contribution in [0.4, 0.5) is 0 Å². The SMILES string of the molecule is Cc1nccn1CCCN1C[C@@H](N(C)C)[C@@H](n2ccnn2)C1. The first-order valence-electron chi connectivity index (χ1n) is 7.87. The fourth-order valence-electron chi connectivity index (χ4n) is 3.30. The Labute approximate surface area is 131 Å². The van der Waals surface area contributed by atoms with Gasteiger partial charge in [0.1, 0.15) is 5.82 Å². The molecule has 2 aromatic rings. The highest BCUT2D eigenvalue weighted by atomic mass is 15.5. The maximum Gasteiger partial charge on any atom is 0.105 e. The van der Waals surface area contributed by atoms with Gasteiger partial charge in [-0.3, -0.25) is 4.90 Å². The van der Waals surface area contributed by atoms with Crippen LogP contribution in [0.5, 0.6) is 0 Å². The molecule has 2 aromatic heterocycles. The highest BCUT2D eigenvalue weighted by Gasteiger charge is 2.35. The average Bonchev–Trinajstić information content (AvgIpc) is 3.19. The zero-order valence-corrected chi connectivity index (χ0v) is 13.6. The molecule has 120 valence electrons. The predicted octanol–water partition coefficient (Wildman–Crippen LogP) is 0.660. The number of likely N-dealkylation sites (tertiary alicyclic amines) is 1. The van der Waals surface area contributed by atoms with Crippen LogP contribution in [0.1, 0.15) is 18.3 Å². The van der Waals surface area contributed by atoms with E-state index in [1.165, 1.54) is 0 Å². The van der Waals surface area contributed by atoms with Crippen molar-refractivity contribution >= 4 is 0 Å². The smallest absolute Gasteiger partial charge is 0.105 e. The van der Waals surface area contributed by atoms with Gasteiger partial charge in [-0.15, -0.1) is 5.10 Å². The molecule has 3 rings (SSSR count). The fraction of sp³-hybridized carbons (Fsp3) is 0.667. The molecular formula is C15H25N7. The van der Waals surface area contributed by atoms with Crippen LogP contribution in [-0.2, 0) is 6.54 Å². The van der Waals surface area contributed by atoms with Gasteiger partial charge in [-0.2, -0.15) is 0 Å². The van der Waals surface area contributed by atoms with E-state index in [1.54, 1.807) is 6.20 Å². The third kappa shape index (κ3) is 3.20. The Balaban J connectivity index is 1.56. The van der Waals surface area contributed by atoms with Crippen LogP contribution in [0.3, 0.4) is 0 Å². The molecule has 0 saturated carbocycles. The molecule has 0 unspecified atom stereocenters. The number of nitrogens with zero attached hydrogens (tertiary/aromatic N) is 7. The second-order valence-corrected chi connectivity index (χ2v) is 6.26. The van der Waals surface area contributed by atoms with Crippen molar-refractivity contribution in [3.05, 3.63) is 30.6 Å². The number of aromatic nitrogens is 5. The first-order chi connectivity index (χ1) is 10.6. The maximum absolute atomic E-state index is 4.27. The standard InChI is InChI=1S/C15H25N7/c1-13-16-5-9-21(13)8-4-7-20-11-14(19(2)3)15(12-20)22-10-6-17-18-22/h5-6,9-10,14-15H,4,7-8,11-12H2,1-3H3/t14-,15+/m1/s1. The third-order valence-corrected chi connectivity index (χ3v) is 4.58. The summed E-state index contributed by atoms with van der Waals surface area (Å²) in [4.78, 5) is 9.10. The Bertz CT molecular complexity index is 574. The number of hydrogen-bond acceptors (Lipinski definition) is 5. The molecule has 7 heteroatoms. The van der Waals surface area contributed by atoms with Crippen LogP contribution in [-0.4, -0.2) is 74.1 Å². The normalized spacial score (nSPS) is 22.7. The van der Waals surface area contributed by atoms with Crippen LogP contribution in [0.2, 0.25) is 0 Å². The minimum Gasteiger partial charge on any atom is -0.335 e. The Morgan fingerprint density at radius 3 is 2.68 bits per heavy atom. The van der Waals surface area contributed by atoms with Crippen molar-refractivity contribution < 1.29 is 0 Å². The van der Waals surface area contributed by atoms with Gasteiger partial charge in [0.25, 0.3) is 0 Å². The zero-order valence-electron chi connectivity index (χ0n) is 13.6. The van der Waals surface area contributed by atoms with E-state index in [0.717, 1.165) is 38.4 Å². The highest BCUT2D eigenvalue weighted by Crippen LogP contribution is 2.24. The number of hydrogen-bond donors (Lipinski definition) is 0. The van der Waals surface area contributed by atoms with Gasteiger partial charge < -0.3 is 9.47 Å². The molecule has 1 fully saturated rings. The van der Waals surface area contributed by atoms with E-state index < -0.39 is 0 Å². The lowest BCUT2D eigenvalue weighted by Gasteiger charge is -2.24. The summed E-state index contributed by atoms with van der Waals surface area (Å²) >= 11 is 0. The van der Waals surface area contributed by atoms with Crippen molar-refractivity contribution in [2.45, 2.75) is 32.0 Å². The van der Waals surface area contributed by atoms with Crippen molar-refractivity contribution in [2.24, 2.45) is 0 Å². The van der Waals surface area contributed by atoms with Gasteiger partial charge >= 0.3 is 0 Å². The molecule has 0 bridgehead atoms. The van der Waals surface area contributed by atoms with E-state index in [9.17, 15) is 0 Å². The summed E-state index contributed by atoms with van der Waals surface area (Å²) in [7, 11) is 4.29. The Morgan fingerprint density at radius 1 is 1.18 bits per heavy atom. The van der Waals surface area contributed by atoms with E-state index in [0.29, 0.717) is 12.1 Å². The molecule has 2 atom stereocenters. The molecular weight excluding hydrogens is 278 g/mol. The van der Waals surface area contributed by atoms with Crippen LogP contribution >= 0.6 is 0 Å². The van der Waals surface area contributed by atoms with Crippen molar-refractivity contribution in [1.82, 2.24) is 34.3 Å². The second kappa shape index (κ2) is 6.58. The largest absolute Gasteiger partial charge is 0.335 e. The van der Waals surface area contributed by atoms with Gasteiger partial charge in [0, 0.05) is 44.3 Å². The Hall–Kier alpha value is -1.73. The molecule has 0 radical (unpaired) electrons. The fourth-order valence-corrected chi connectivity index (χ4v) is 3.30. The highest BCUT2D eigenvalue weighted by molar-refractivity contribution is 4.93. The maximum atomic E-state index is 4.27. The molecule has 3 heterocycles. The molecule has 0 amide bonds. The second-order valence-electron chi connectivity index (χ2n) is 6.26. The van der Waals surface area contributed by atoms with Crippen molar-refractivity contribution in [2.75, 3.05) is 33.7 Å². The lowest BCUT2D eigenvalue weighted by atomic mass is 10.1. The number of aryl methyl sites for hydroxylation is 2. The van der Waals surface area contributed by atoms with Crippen molar-refractivity contribution in [1.29, 1.82) is 0 Å². The molecule has 22 heavy (non-hydrogen) atoms. The molecule has 1 aliphatic rings. The summed E-state index contributed by atoms with van der Waals surface area (Å²) in [5, 5.41) is 8.16. The van der Waals surface area contributed by atoms with Gasteiger partial charge in [-0.05, 0) is 34.0 Å². The summed E-state index contributed by atoms with van der Waals surface area (Å²) < 4.78 is 4.22. The number of imidazole rings is 1. The van der Waals surface area contributed by atoms with Gasteiger partial charge in [0.2, 0.25) is 0 Å². The van der Waals surface area contributed by atoms with Gasteiger partial charge in [0.05, 0.1) is 12.2 Å². The lowest BCUT2D eigenvalue weighted by Crippen LogP contribution is -2.36. The van der Waals surface area contributed by atoms with E-state index >= 15 is 0 Å². The monoisotopic (exact) mass is 303 g/mol. The molecule has 7 nitrogen and oxygen atoms in total. The summed E-state index contributed by atoms with van der Waals surface area (Å²) in [6.45, 7) is 6.31. The van der Waals surface area contributed by atoms with Crippen LogP contribution in [0.25, 0.3) is 0 Å². The summed E-state index contributed by atoms with van der Waals surface area (Å²) in [5.41, 5.74) is 0. The first kappa shape index (κ1) is 15.2. The molecule has 0 aliphatic carbocycles. The zero-order chi connectivity index (χ0) is 15.5. The third-order valence-electron chi connectivity index (χ3n) is 4.58. The van der Waals surface area contributed by atoms with E-state index in [1.807, 2.05) is 17.1 Å². The topological polar surface area (TPSA) is 55.0 Å². The Morgan fingerprint density at radius 2 is 2.05 bits per heavy atom. The quantitative estimate of drug-likeness (QED) is 0.785. The molecule has 1 aliphatic heterocycles. The van der Waals surface area contributed by atoms with Crippen LogP contribution < -0.4 is 0 Å². The minimum atomic E-state index is 0.382. The van der Waals surface area contributed by atoms with Gasteiger partial charge in [-0.1, -0.05) is 5.21 Å². The predicted molar refractivity (Wildman–Crippen MR) is 84.6 cm³/mol. The summed E-state index contributed by atoms with van der Waals surface area (Å²) in [6, 6.07) is 0.865.